The second kappa shape index (κ2) is 4.78. The molecular formula is C12H14N4O. The summed E-state index contributed by atoms with van der Waals surface area (Å²) in [7, 11) is 1.81. The first-order valence-corrected chi connectivity index (χ1v) is 5.36. The van der Waals surface area contributed by atoms with Crippen molar-refractivity contribution in [1.29, 1.82) is 0 Å². The van der Waals surface area contributed by atoms with Crippen molar-refractivity contribution in [3.63, 3.8) is 0 Å². The van der Waals surface area contributed by atoms with Gasteiger partial charge in [-0.05, 0) is 30.7 Å². The van der Waals surface area contributed by atoms with Crippen LogP contribution in [0.4, 0.5) is 5.82 Å². The van der Waals surface area contributed by atoms with Gasteiger partial charge in [0.1, 0.15) is 5.82 Å². The topological polar surface area (TPSA) is 59.8 Å². The largest absolute Gasteiger partial charge is 0.373 e. The van der Waals surface area contributed by atoms with Crippen LogP contribution in [0.2, 0.25) is 0 Å². The maximum atomic E-state index is 11.6. The van der Waals surface area contributed by atoms with Gasteiger partial charge in [-0.2, -0.15) is 5.10 Å². The minimum Gasteiger partial charge on any atom is -0.373 e. The number of aromatic nitrogens is 3. The number of pyridine rings is 1. The van der Waals surface area contributed by atoms with Crippen LogP contribution in [0.5, 0.6) is 0 Å². The van der Waals surface area contributed by atoms with E-state index in [1.807, 2.05) is 26.1 Å². The molecule has 2 aromatic heterocycles. The molecule has 2 aromatic rings. The third kappa shape index (κ3) is 2.69. The summed E-state index contributed by atoms with van der Waals surface area (Å²) in [6, 6.07) is 7.01. The van der Waals surface area contributed by atoms with Crippen molar-refractivity contribution in [1.82, 2.24) is 14.8 Å². The molecule has 0 aliphatic carbocycles. The van der Waals surface area contributed by atoms with Gasteiger partial charge < -0.3 is 5.32 Å². The van der Waals surface area contributed by atoms with Crippen LogP contribution in [0.1, 0.15) is 11.3 Å². The van der Waals surface area contributed by atoms with E-state index >= 15 is 0 Å². The maximum absolute atomic E-state index is 11.6. The molecule has 5 heteroatoms. The van der Waals surface area contributed by atoms with E-state index in [0.717, 1.165) is 17.1 Å². The van der Waals surface area contributed by atoms with Crippen molar-refractivity contribution in [2.45, 2.75) is 13.5 Å². The van der Waals surface area contributed by atoms with Gasteiger partial charge in [-0.25, -0.2) is 9.67 Å². The second-order valence-electron chi connectivity index (χ2n) is 3.77. The number of nitrogens with zero attached hydrogens (tertiary/aromatic N) is 3. The minimum atomic E-state index is -0.0987. The Hall–Kier alpha value is -2.17. The molecule has 0 unspecified atom stereocenters. The van der Waals surface area contributed by atoms with Gasteiger partial charge in [0.25, 0.3) is 5.56 Å². The summed E-state index contributed by atoms with van der Waals surface area (Å²) >= 11 is 0. The van der Waals surface area contributed by atoms with Crippen molar-refractivity contribution in [2.75, 3.05) is 12.4 Å². The molecule has 88 valence electrons. The molecule has 17 heavy (non-hydrogen) atoms. The molecule has 1 N–H and O–H groups in total. The van der Waals surface area contributed by atoms with Crippen LogP contribution in [0.25, 0.3) is 0 Å². The molecule has 0 aliphatic rings. The van der Waals surface area contributed by atoms with E-state index < -0.39 is 0 Å². The van der Waals surface area contributed by atoms with E-state index in [9.17, 15) is 4.79 Å². The van der Waals surface area contributed by atoms with Crippen LogP contribution in [0.3, 0.4) is 0 Å². The number of aryl methyl sites for hydroxylation is 1. The summed E-state index contributed by atoms with van der Waals surface area (Å²) < 4.78 is 1.45. The van der Waals surface area contributed by atoms with Crippen molar-refractivity contribution < 1.29 is 0 Å². The van der Waals surface area contributed by atoms with Gasteiger partial charge in [-0.15, -0.1) is 0 Å². The summed E-state index contributed by atoms with van der Waals surface area (Å²) in [5, 5.41) is 7.15. The molecule has 0 aromatic carbocycles. The van der Waals surface area contributed by atoms with Gasteiger partial charge in [0.05, 0.1) is 12.2 Å². The monoisotopic (exact) mass is 230 g/mol. The lowest BCUT2D eigenvalue weighted by Gasteiger charge is -2.06. The summed E-state index contributed by atoms with van der Waals surface area (Å²) in [5.41, 5.74) is 1.72. The van der Waals surface area contributed by atoms with Crippen molar-refractivity contribution >= 4 is 5.82 Å². The number of hydrogen-bond acceptors (Lipinski definition) is 4. The Morgan fingerprint density at radius 3 is 2.94 bits per heavy atom. The molecule has 2 heterocycles. The summed E-state index contributed by atoms with van der Waals surface area (Å²) in [6.45, 7) is 2.32. The summed E-state index contributed by atoms with van der Waals surface area (Å²) in [4.78, 5) is 15.7. The van der Waals surface area contributed by atoms with Crippen LogP contribution in [-0.2, 0) is 6.54 Å². The highest BCUT2D eigenvalue weighted by molar-refractivity contribution is 5.36. The molecule has 5 nitrogen and oxygen atoms in total. The van der Waals surface area contributed by atoms with Gasteiger partial charge in [-0.1, -0.05) is 0 Å². The third-order valence-corrected chi connectivity index (χ3v) is 2.41. The molecule has 0 bridgehead atoms. The lowest BCUT2D eigenvalue weighted by Crippen LogP contribution is -2.23. The lowest BCUT2D eigenvalue weighted by molar-refractivity contribution is 0.628. The predicted molar refractivity (Wildman–Crippen MR) is 66.1 cm³/mol. The van der Waals surface area contributed by atoms with Gasteiger partial charge in [0.15, 0.2) is 0 Å². The fraction of sp³-hybridized carbons (Fsp3) is 0.250. The fourth-order valence-corrected chi connectivity index (χ4v) is 1.55. The normalized spacial score (nSPS) is 10.2. The van der Waals surface area contributed by atoms with Crippen LogP contribution >= 0.6 is 0 Å². The van der Waals surface area contributed by atoms with Crippen molar-refractivity contribution in [3.8, 4) is 0 Å². The summed E-state index contributed by atoms with van der Waals surface area (Å²) in [5.74, 6) is 0.781. The van der Waals surface area contributed by atoms with Crippen molar-refractivity contribution in [3.05, 3.63) is 52.1 Å². The van der Waals surface area contributed by atoms with Gasteiger partial charge in [0, 0.05) is 19.3 Å². The molecule has 0 fully saturated rings. The zero-order chi connectivity index (χ0) is 12.3. The zero-order valence-corrected chi connectivity index (χ0v) is 9.84. The predicted octanol–water partition coefficient (Wildman–Crippen LogP) is 1.04. The smallest absolute Gasteiger partial charge is 0.267 e. The Bertz CT molecular complexity index is 577. The van der Waals surface area contributed by atoms with E-state index in [0.29, 0.717) is 6.54 Å². The van der Waals surface area contributed by atoms with E-state index in [-0.39, 0.29) is 5.56 Å². The van der Waals surface area contributed by atoms with E-state index in [4.69, 9.17) is 0 Å². The summed E-state index contributed by atoms with van der Waals surface area (Å²) in [6.07, 6.45) is 1.71. The highest BCUT2D eigenvalue weighted by Crippen LogP contribution is 2.06. The van der Waals surface area contributed by atoms with Gasteiger partial charge >= 0.3 is 0 Å². The average Bonchev–Trinajstić information content (AvgIpc) is 2.34. The number of rotatable bonds is 3. The molecule has 0 aliphatic heterocycles. The number of hydrogen-bond donors (Lipinski definition) is 1. The molecular weight excluding hydrogens is 216 g/mol. The lowest BCUT2D eigenvalue weighted by atomic mass is 10.2. The van der Waals surface area contributed by atoms with E-state index in [1.54, 1.807) is 12.3 Å². The minimum absolute atomic E-state index is 0.0987. The standard InChI is InChI=1S/C12H14N4O/c1-9-3-4-12(17)16(15-9)8-10-5-6-14-11(7-10)13-2/h3-7H,8H2,1-2H3,(H,13,14). The van der Waals surface area contributed by atoms with Crippen LogP contribution in [-0.4, -0.2) is 21.8 Å². The van der Waals surface area contributed by atoms with Gasteiger partial charge in [0.2, 0.25) is 0 Å². The van der Waals surface area contributed by atoms with Crippen molar-refractivity contribution in [2.24, 2.45) is 0 Å². The Morgan fingerprint density at radius 1 is 1.35 bits per heavy atom. The maximum Gasteiger partial charge on any atom is 0.267 e. The Balaban J connectivity index is 2.31. The van der Waals surface area contributed by atoms with E-state index in [2.05, 4.69) is 15.4 Å². The fourth-order valence-electron chi connectivity index (χ4n) is 1.55. The van der Waals surface area contributed by atoms with Gasteiger partial charge in [-0.3, -0.25) is 4.79 Å². The molecule has 0 saturated heterocycles. The second-order valence-corrected chi connectivity index (χ2v) is 3.77. The molecule has 0 atom stereocenters. The van der Waals surface area contributed by atoms with E-state index in [1.165, 1.54) is 10.7 Å². The molecule has 2 rings (SSSR count). The third-order valence-electron chi connectivity index (χ3n) is 2.41. The first-order chi connectivity index (χ1) is 8.19. The molecule has 0 radical (unpaired) electrons. The molecule has 0 saturated carbocycles. The Kier molecular flexibility index (Phi) is 3.18. The first kappa shape index (κ1) is 11.3. The highest BCUT2D eigenvalue weighted by atomic mass is 16.1. The number of anilines is 1. The molecule has 0 amide bonds. The molecule has 0 spiro atoms. The number of nitrogens with one attached hydrogen (secondary N) is 1. The van der Waals surface area contributed by atoms with Crippen LogP contribution in [0.15, 0.2) is 35.3 Å². The van der Waals surface area contributed by atoms with Crippen LogP contribution in [0, 0.1) is 6.92 Å². The zero-order valence-electron chi connectivity index (χ0n) is 9.84. The average molecular weight is 230 g/mol. The Morgan fingerprint density at radius 2 is 2.18 bits per heavy atom. The first-order valence-electron chi connectivity index (χ1n) is 5.36. The SMILES string of the molecule is CNc1cc(Cn2nc(C)ccc2=O)ccn1. The Labute approximate surface area is 99.1 Å². The van der Waals surface area contributed by atoms with Crippen LogP contribution < -0.4 is 10.9 Å². The quantitative estimate of drug-likeness (QED) is 0.855. The highest BCUT2D eigenvalue weighted by Gasteiger charge is 2.01.